The maximum atomic E-state index is 12.8. The van der Waals surface area contributed by atoms with Crippen LogP contribution in [-0.4, -0.2) is 18.1 Å². The van der Waals surface area contributed by atoms with Gasteiger partial charge in [0.15, 0.2) is 5.43 Å². The van der Waals surface area contributed by atoms with Gasteiger partial charge in [0.1, 0.15) is 5.75 Å². The molecule has 4 rings (SSSR count). The van der Waals surface area contributed by atoms with Crippen LogP contribution in [0.5, 0.6) is 5.75 Å². The molecule has 0 aromatic heterocycles. The lowest BCUT2D eigenvalue weighted by molar-refractivity contribution is 0.310. The zero-order valence-electron chi connectivity index (χ0n) is 16.5. The molecule has 0 spiro atoms. The summed E-state index contributed by atoms with van der Waals surface area (Å²) in [5, 5.41) is 4.92. The van der Waals surface area contributed by atoms with Crippen molar-refractivity contribution in [3.63, 3.8) is 0 Å². The van der Waals surface area contributed by atoms with Crippen LogP contribution in [0.1, 0.15) is 32.3 Å². The molecule has 4 nitrogen and oxygen atoms in total. The van der Waals surface area contributed by atoms with Crippen LogP contribution in [0, 0.1) is 6.92 Å². The number of aryl methyl sites for hydroxylation is 1. The fraction of sp³-hybridized carbons (Fsp3) is 0.304. The van der Waals surface area contributed by atoms with Crippen LogP contribution in [-0.2, 0) is 0 Å². The maximum Gasteiger partial charge on any atom is 0.188 e. The second kappa shape index (κ2) is 7.76. The van der Waals surface area contributed by atoms with E-state index in [0.29, 0.717) is 12.0 Å². The Labute approximate surface area is 168 Å². The van der Waals surface area contributed by atoms with Crippen molar-refractivity contribution in [2.24, 2.45) is 0 Å². The normalized spacial score (nSPS) is 11.4. The van der Waals surface area contributed by atoms with E-state index < -0.39 is 0 Å². The van der Waals surface area contributed by atoms with Crippen LogP contribution < -0.4 is 15.5 Å². The Morgan fingerprint density at radius 2 is 1.96 bits per heavy atom. The van der Waals surface area contributed by atoms with Gasteiger partial charge in [0, 0.05) is 29.1 Å². The molecule has 0 radical (unpaired) electrons. The van der Waals surface area contributed by atoms with Gasteiger partial charge in [-0.1, -0.05) is 13.3 Å². The van der Waals surface area contributed by atoms with Crippen molar-refractivity contribution in [3.8, 4) is 16.3 Å². The number of rotatable bonds is 6. The van der Waals surface area contributed by atoms with E-state index in [1.807, 2.05) is 18.2 Å². The molecule has 0 amide bonds. The summed E-state index contributed by atoms with van der Waals surface area (Å²) in [5.74, 6) is 0.744. The Hall–Kier alpha value is -2.66. The lowest BCUT2D eigenvalue weighted by atomic mass is 10.1. The standard InChI is InChI=1S/C23H24N2O2S/c1-4-6-9-27-16-7-8-17-18(12-16)19(26)13-21-23(17)25-22-14(3)10-15(24-5-2)11-20(22)28-21/h7-8,10-13,24H,4-6,9H2,1-3H3. The number of nitrogens with zero attached hydrogens (tertiary/aromatic N) is 1. The second-order valence-electron chi connectivity index (χ2n) is 7.01. The summed E-state index contributed by atoms with van der Waals surface area (Å²) in [6.07, 6.45) is 2.08. The summed E-state index contributed by atoms with van der Waals surface area (Å²) in [7, 11) is 0. The molecule has 0 saturated heterocycles. The molecule has 5 heteroatoms. The molecule has 0 fully saturated rings. The Morgan fingerprint density at radius 3 is 2.75 bits per heavy atom. The molecule has 0 saturated carbocycles. The topological polar surface area (TPSA) is 51.2 Å². The zero-order chi connectivity index (χ0) is 19.7. The van der Waals surface area contributed by atoms with Gasteiger partial charge in [-0.25, -0.2) is 4.98 Å². The monoisotopic (exact) mass is 392 g/mol. The summed E-state index contributed by atoms with van der Waals surface area (Å²) in [6, 6.07) is 11.7. The molecule has 2 aromatic rings. The van der Waals surface area contributed by atoms with Crippen molar-refractivity contribution in [2.75, 3.05) is 18.5 Å². The lowest BCUT2D eigenvalue weighted by Gasteiger charge is -2.13. The lowest BCUT2D eigenvalue weighted by Crippen LogP contribution is -2.05. The Morgan fingerprint density at radius 1 is 1.11 bits per heavy atom. The minimum atomic E-state index is 0.0143. The van der Waals surface area contributed by atoms with Crippen molar-refractivity contribution >= 4 is 38.0 Å². The zero-order valence-corrected chi connectivity index (χ0v) is 17.3. The van der Waals surface area contributed by atoms with Gasteiger partial charge in [0.05, 0.1) is 27.4 Å². The van der Waals surface area contributed by atoms with E-state index in [2.05, 4.69) is 38.2 Å². The third kappa shape index (κ3) is 3.42. The van der Waals surface area contributed by atoms with Crippen molar-refractivity contribution in [1.82, 2.24) is 4.98 Å². The Bertz CT molecular complexity index is 1180. The third-order valence-electron chi connectivity index (χ3n) is 4.86. The van der Waals surface area contributed by atoms with Crippen molar-refractivity contribution in [3.05, 3.63) is 52.2 Å². The van der Waals surface area contributed by atoms with Gasteiger partial charge >= 0.3 is 0 Å². The second-order valence-corrected chi connectivity index (χ2v) is 8.10. The first-order valence-corrected chi connectivity index (χ1v) is 10.6. The van der Waals surface area contributed by atoms with Gasteiger partial charge in [-0.05, 0) is 56.2 Å². The Balaban J connectivity index is 1.90. The Kier molecular flexibility index (Phi) is 5.18. The molecular formula is C23H24N2O2S. The molecule has 0 atom stereocenters. The average Bonchev–Trinajstić information content (AvgIpc) is 2.68. The van der Waals surface area contributed by atoms with E-state index in [4.69, 9.17) is 9.72 Å². The molecule has 0 bridgehead atoms. The molecule has 144 valence electrons. The third-order valence-corrected chi connectivity index (χ3v) is 5.93. The molecule has 0 unspecified atom stereocenters. The first-order valence-electron chi connectivity index (χ1n) is 9.79. The van der Waals surface area contributed by atoms with Crippen molar-refractivity contribution in [1.29, 1.82) is 0 Å². The number of fused-ring (bicyclic) bond motifs is 4. The molecule has 28 heavy (non-hydrogen) atoms. The molecule has 2 aliphatic rings. The molecule has 1 heterocycles. The fourth-order valence-corrected chi connectivity index (χ4v) is 4.60. The SMILES string of the molecule is CCCCOc1ccc2c3nc4c(C)cc(NCC)cc4sc-3cc(=O)c2c1. The fourth-order valence-electron chi connectivity index (χ4n) is 3.45. The largest absolute Gasteiger partial charge is 0.494 e. The van der Waals surface area contributed by atoms with Crippen LogP contribution >= 0.6 is 11.3 Å². The maximum absolute atomic E-state index is 12.8. The van der Waals surface area contributed by atoms with Gasteiger partial charge in [-0.3, -0.25) is 4.79 Å². The summed E-state index contributed by atoms with van der Waals surface area (Å²) >= 11 is 1.62. The first kappa shape index (κ1) is 18.7. The molecular weight excluding hydrogens is 368 g/mol. The molecule has 2 aromatic carbocycles. The van der Waals surface area contributed by atoms with E-state index in [0.717, 1.165) is 62.6 Å². The summed E-state index contributed by atoms with van der Waals surface area (Å²) < 4.78 is 6.87. The highest BCUT2D eigenvalue weighted by Gasteiger charge is 2.16. The van der Waals surface area contributed by atoms with E-state index in [-0.39, 0.29) is 5.43 Å². The number of nitrogens with one attached hydrogen (secondary N) is 1. The predicted octanol–water partition coefficient (Wildman–Crippen LogP) is 5.83. The van der Waals surface area contributed by atoms with Crippen molar-refractivity contribution < 1.29 is 4.74 Å². The van der Waals surface area contributed by atoms with Crippen LogP contribution in [0.2, 0.25) is 0 Å². The van der Waals surface area contributed by atoms with E-state index in [1.54, 1.807) is 17.4 Å². The van der Waals surface area contributed by atoms with E-state index in [1.165, 1.54) is 0 Å². The highest BCUT2D eigenvalue weighted by atomic mass is 32.1. The molecule has 1 N–H and O–H groups in total. The van der Waals surface area contributed by atoms with Gasteiger partial charge in [0.2, 0.25) is 0 Å². The molecule has 1 aliphatic heterocycles. The number of ether oxygens (including phenoxy) is 1. The van der Waals surface area contributed by atoms with Gasteiger partial charge < -0.3 is 10.1 Å². The van der Waals surface area contributed by atoms with Crippen LogP contribution in [0.15, 0.2) is 41.2 Å². The minimum Gasteiger partial charge on any atom is -0.494 e. The minimum absolute atomic E-state index is 0.0143. The quantitative estimate of drug-likeness (QED) is 0.255. The number of anilines is 1. The van der Waals surface area contributed by atoms with Crippen LogP contribution in [0.4, 0.5) is 5.69 Å². The highest BCUT2D eigenvalue weighted by Crippen LogP contribution is 2.37. The summed E-state index contributed by atoms with van der Waals surface area (Å²) in [6.45, 7) is 7.83. The highest BCUT2D eigenvalue weighted by molar-refractivity contribution is 7.21. The van der Waals surface area contributed by atoms with Crippen LogP contribution in [0.25, 0.3) is 31.6 Å². The molecule has 1 aliphatic carbocycles. The van der Waals surface area contributed by atoms with Gasteiger partial charge in [0.25, 0.3) is 0 Å². The number of hydrogen-bond acceptors (Lipinski definition) is 5. The number of unbranched alkanes of at least 4 members (excludes halogenated alkanes) is 1. The first-order chi connectivity index (χ1) is 13.6. The van der Waals surface area contributed by atoms with E-state index >= 15 is 0 Å². The smallest absolute Gasteiger partial charge is 0.188 e. The number of hydrogen-bond donors (Lipinski definition) is 1. The van der Waals surface area contributed by atoms with Crippen LogP contribution in [0.3, 0.4) is 0 Å². The van der Waals surface area contributed by atoms with Gasteiger partial charge in [-0.15, -0.1) is 11.3 Å². The van der Waals surface area contributed by atoms with Crippen molar-refractivity contribution in [2.45, 2.75) is 33.6 Å². The summed E-state index contributed by atoms with van der Waals surface area (Å²) in [5.41, 5.74) is 4.10. The number of benzene rings is 3. The predicted molar refractivity (Wildman–Crippen MR) is 119 cm³/mol. The number of aromatic nitrogens is 1. The average molecular weight is 393 g/mol. The summed E-state index contributed by atoms with van der Waals surface area (Å²) in [4.78, 5) is 18.6. The van der Waals surface area contributed by atoms with Gasteiger partial charge in [-0.2, -0.15) is 0 Å². The van der Waals surface area contributed by atoms with E-state index in [9.17, 15) is 4.79 Å².